The number of para-hydroxylation sites is 1. The fraction of sp³-hybridized carbons (Fsp3) is 0.0909. The Bertz CT molecular complexity index is 3700. The van der Waals surface area contributed by atoms with Gasteiger partial charge in [0.2, 0.25) is 0 Å². The molecule has 1 N–H and O–H groups in total. The van der Waals surface area contributed by atoms with Gasteiger partial charge in [-0.15, -0.1) is 0 Å². The SMILES string of the molecule is C1=CCC(N(c2ccc(-c3cccc(-c4ccc(-c5ccccc5Nc5ccc6c7c(c8c(c6c5)C=CCC8)CCC=C7)cc4)c3)cc2)c2ccc3c4ccccc4c4ccccc4c3c2)C=C1. The van der Waals surface area contributed by atoms with Gasteiger partial charge >= 0.3 is 0 Å². The van der Waals surface area contributed by atoms with E-state index in [-0.39, 0.29) is 6.04 Å². The predicted octanol–water partition coefficient (Wildman–Crippen LogP) is 18.0. The molecule has 10 aromatic carbocycles. The summed E-state index contributed by atoms with van der Waals surface area (Å²) in [5, 5.41) is 14.3. The molecular weight excluding hydrogens is 821 g/mol. The Morgan fingerprint density at radius 2 is 0.971 bits per heavy atom. The molecule has 2 nitrogen and oxygen atoms in total. The van der Waals surface area contributed by atoms with Crippen molar-refractivity contribution in [1.82, 2.24) is 0 Å². The van der Waals surface area contributed by atoms with Gasteiger partial charge in [-0.2, -0.15) is 0 Å². The summed E-state index contributed by atoms with van der Waals surface area (Å²) in [7, 11) is 0. The molecule has 13 rings (SSSR count). The van der Waals surface area contributed by atoms with E-state index in [0.29, 0.717) is 0 Å². The number of nitrogens with one attached hydrogen (secondary N) is 1. The number of benzene rings is 10. The molecule has 0 bridgehead atoms. The van der Waals surface area contributed by atoms with E-state index in [9.17, 15) is 0 Å². The predicted molar refractivity (Wildman–Crippen MR) is 292 cm³/mol. The van der Waals surface area contributed by atoms with Crippen molar-refractivity contribution in [3.05, 3.63) is 241 Å². The lowest BCUT2D eigenvalue weighted by Crippen LogP contribution is -2.29. The fourth-order valence-corrected chi connectivity index (χ4v) is 11.4. The first-order chi connectivity index (χ1) is 33.7. The number of anilines is 4. The Kier molecular flexibility index (Phi) is 9.97. The number of allylic oxidation sites excluding steroid dienone is 4. The molecule has 0 saturated heterocycles. The summed E-state index contributed by atoms with van der Waals surface area (Å²) in [5.41, 5.74) is 17.7. The third-order valence-corrected chi connectivity index (χ3v) is 14.7. The van der Waals surface area contributed by atoms with E-state index < -0.39 is 0 Å². The molecule has 0 spiro atoms. The number of fused-ring (bicyclic) bond motifs is 12. The van der Waals surface area contributed by atoms with Crippen LogP contribution >= 0.6 is 0 Å². The van der Waals surface area contributed by atoms with E-state index in [1.165, 1.54) is 99.0 Å². The number of hydrogen-bond donors (Lipinski definition) is 1. The average molecular weight is 871 g/mol. The standard InChI is InChI=1S/C66H50N2/c1-2-17-50(18-3-1)68(52-38-40-63-59-25-7-5-21-55(59)57-23-9-11-27-61(57)65(63)43-52)51-36-33-45(34-37-51)48-16-14-15-47(41-48)44-29-31-46(32-30-44)53-19-12-13-28-66(53)67-49-35-39-62-58-24-6-4-20-54(58)56-22-8-10-26-60(56)64(62)42-49/h1-3,5-7,9-17,19,21,23-43,50,67H,4,8,18,20,22H2. The zero-order chi connectivity index (χ0) is 45.0. The van der Waals surface area contributed by atoms with E-state index in [0.717, 1.165) is 43.5 Å². The van der Waals surface area contributed by atoms with Gasteiger partial charge in [0.1, 0.15) is 0 Å². The third kappa shape index (κ3) is 7.04. The molecule has 324 valence electrons. The summed E-state index contributed by atoms with van der Waals surface area (Å²) in [6.45, 7) is 0. The second-order valence-electron chi connectivity index (χ2n) is 18.6. The first-order valence-electron chi connectivity index (χ1n) is 24.3. The van der Waals surface area contributed by atoms with Gasteiger partial charge in [-0.05, 0) is 174 Å². The maximum atomic E-state index is 3.83. The van der Waals surface area contributed by atoms with Crippen LogP contribution in [0.2, 0.25) is 0 Å². The average Bonchev–Trinajstić information content (AvgIpc) is 3.42. The molecule has 0 radical (unpaired) electrons. The van der Waals surface area contributed by atoms with Crippen LogP contribution in [0.15, 0.2) is 218 Å². The smallest absolute Gasteiger partial charge is 0.0559 e. The fourth-order valence-electron chi connectivity index (χ4n) is 11.4. The van der Waals surface area contributed by atoms with Crippen LogP contribution in [0, 0.1) is 0 Å². The Balaban J connectivity index is 0.783. The minimum Gasteiger partial charge on any atom is -0.355 e. The minimum atomic E-state index is 0.202. The molecule has 0 aromatic heterocycles. The van der Waals surface area contributed by atoms with Crippen LogP contribution in [0.5, 0.6) is 0 Å². The highest BCUT2D eigenvalue weighted by Gasteiger charge is 2.22. The summed E-state index contributed by atoms with van der Waals surface area (Å²) in [4.78, 5) is 2.51. The summed E-state index contributed by atoms with van der Waals surface area (Å²) in [6.07, 6.45) is 23.8. The van der Waals surface area contributed by atoms with Crippen LogP contribution in [-0.2, 0) is 12.8 Å². The molecule has 0 fully saturated rings. The Hall–Kier alpha value is -8.20. The molecule has 1 unspecified atom stereocenters. The summed E-state index contributed by atoms with van der Waals surface area (Å²) >= 11 is 0. The number of nitrogens with zero attached hydrogens (tertiary/aromatic N) is 1. The van der Waals surface area contributed by atoms with Crippen LogP contribution < -0.4 is 10.2 Å². The molecule has 10 aromatic rings. The van der Waals surface area contributed by atoms with Gasteiger partial charge in [-0.3, -0.25) is 0 Å². The van der Waals surface area contributed by atoms with Gasteiger partial charge < -0.3 is 10.2 Å². The van der Waals surface area contributed by atoms with E-state index >= 15 is 0 Å². The van der Waals surface area contributed by atoms with Crippen molar-refractivity contribution in [2.75, 3.05) is 10.2 Å². The zero-order valence-corrected chi connectivity index (χ0v) is 38.0. The zero-order valence-electron chi connectivity index (χ0n) is 38.0. The van der Waals surface area contributed by atoms with Crippen LogP contribution in [-0.4, -0.2) is 6.04 Å². The molecular formula is C66H50N2. The van der Waals surface area contributed by atoms with Gasteiger partial charge in [-0.1, -0.05) is 182 Å². The van der Waals surface area contributed by atoms with Crippen molar-refractivity contribution in [2.45, 2.75) is 38.1 Å². The third-order valence-electron chi connectivity index (χ3n) is 14.7. The van der Waals surface area contributed by atoms with Crippen molar-refractivity contribution in [3.8, 4) is 33.4 Å². The molecule has 0 amide bonds. The molecule has 1 atom stereocenters. The largest absolute Gasteiger partial charge is 0.355 e. The lowest BCUT2D eigenvalue weighted by molar-refractivity contribution is 0.785. The van der Waals surface area contributed by atoms with E-state index in [4.69, 9.17) is 0 Å². The van der Waals surface area contributed by atoms with Crippen LogP contribution in [0.3, 0.4) is 0 Å². The number of hydrogen-bond acceptors (Lipinski definition) is 2. The molecule has 68 heavy (non-hydrogen) atoms. The second kappa shape index (κ2) is 16.9. The van der Waals surface area contributed by atoms with Crippen LogP contribution in [0.4, 0.5) is 22.7 Å². The first-order valence-corrected chi connectivity index (χ1v) is 24.3. The maximum absolute atomic E-state index is 3.83. The summed E-state index contributed by atoms with van der Waals surface area (Å²) in [5.74, 6) is 0. The molecule has 0 heterocycles. The van der Waals surface area contributed by atoms with Gasteiger partial charge in [0.15, 0.2) is 0 Å². The first kappa shape index (κ1) is 40.1. The van der Waals surface area contributed by atoms with E-state index in [2.05, 4.69) is 241 Å². The lowest BCUT2D eigenvalue weighted by atomic mass is 9.81. The Morgan fingerprint density at radius 3 is 1.65 bits per heavy atom. The monoisotopic (exact) mass is 870 g/mol. The quantitative estimate of drug-likeness (QED) is 0.153. The van der Waals surface area contributed by atoms with Crippen molar-refractivity contribution < 1.29 is 0 Å². The van der Waals surface area contributed by atoms with Gasteiger partial charge in [0.25, 0.3) is 0 Å². The summed E-state index contributed by atoms with van der Waals surface area (Å²) in [6, 6.07) is 67.7. The van der Waals surface area contributed by atoms with E-state index in [1.54, 1.807) is 11.1 Å². The van der Waals surface area contributed by atoms with Gasteiger partial charge in [0, 0.05) is 28.3 Å². The summed E-state index contributed by atoms with van der Waals surface area (Å²) < 4.78 is 0. The second-order valence-corrected chi connectivity index (χ2v) is 18.6. The van der Waals surface area contributed by atoms with E-state index in [1.807, 2.05) is 0 Å². The molecule has 0 saturated carbocycles. The highest BCUT2D eigenvalue weighted by molar-refractivity contribution is 6.25. The Morgan fingerprint density at radius 1 is 0.397 bits per heavy atom. The lowest BCUT2D eigenvalue weighted by Gasteiger charge is -2.33. The maximum Gasteiger partial charge on any atom is 0.0559 e. The molecule has 2 heteroatoms. The Labute approximate surface area is 398 Å². The van der Waals surface area contributed by atoms with Crippen molar-refractivity contribution in [2.24, 2.45) is 0 Å². The van der Waals surface area contributed by atoms with Crippen molar-refractivity contribution >= 4 is 78.0 Å². The van der Waals surface area contributed by atoms with Crippen LogP contribution in [0.25, 0.3) is 88.6 Å². The topological polar surface area (TPSA) is 15.3 Å². The molecule has 3 aliphatic rings. The van der Waals surface area contributed by atoms with Gasteiger partial charge in [-0.25, -0.2) is 0 Å². The normalized spacial score (nSPS) is 15.0. The van der Waals surface area contributed by atoms with Crippen LogP contribution in [0.1, 0.15) is 41.5 Å². The van der Waals surface area contributed by atoms with Crippen molar-refractivity contribution in [3.63, 3.8) is 0 Å². The van der Waals surface area contributed by atoms with Crippen molar-refractivity contribution in [1.29, 1.82) is 0 Å². The minimum absolute atomic E-state index is 0.202. The highest BCUT2D eigenvalue weighted by Crippen LogP contribution is 2.42. The molecule has 0 aliphatic heterocycles. The highest BCUT2D eigenvalue weighted by atomic mass is 15.2. The van der Waals surface area contributed by atoms with Gasteiger partial charge in [0.05, 0.1) is 6.04 Å². The molecule has 3 aliphatic carbocycles. The number of rotatable bonds is 8.